The van der Waals surface area contributed by atoms with Gasteiger partial charge in [0.25, 0.3) is 0 Å². The Labute approximate surface area is 164 Å². The number of fused-ring (bicyclic) bond motifs is 1. The molecule has 0 unspecified atom stereocenters. The van der Waals surface area contributed by atoms with E-state index in [2.05, 4.69) is 28.5 Å². The Morgan fingerprint density at radius 1 is 1.19 bits per heavy atom. The number of hydrogen-bond acceptors (Lipinski definition) is 5. The summed E-state index contributed by atoms with van der Waals surface area (Å²) in [6, 6.07) is -0.142. The molecule has 0 aromatic carbocycles. The standard InChI is InChI=1S/C21H39N3O3/c1-2-3-4-11-19(25)21(27)18-10-7-9-17-16-20(26)23-14-6-5-12-22-13-8-15-24(17)18/h7,10,17-19,21-22,25,27H,2-6,8-9,11-16H2,1H3,(H,23,26)/t17-,18-,19+,21-/m1/s1. The molecular weight excluding hydrogens is 342 g/mol. The predicted octanol–water partition coefficient (Wildman–Crippen LogP) is 1.57. The lowest BCUT2D eigenvalue weighted by molar-refractivity contribution is -0.123. The smallest absolute Gasteiger partial charge is 0.221 e. The Balaban J connectivity index is 2.04. The van der Waals surface area contributed by atoms with Crippen molar-refractivity contribution in [2.75, 3.05) is 26.2 Å². The topological polar surface area (TPSA) is 84.8 Å². The average Bonchev–Trinajstić information content (AvgIpc) is 2.68. The fourth-order valence-electron chi connectivity index (χ4n) is 4.11. The molecule has 6 nitrogen and oxygen atoms in total. The minimum absolute atomic E-state index is 0.0817. The molecule has 0 radical (unpaired) electrons. The molecule has 156 valence electrons. The van der Waals surface area contributed by atoms with Gasteiger partial charge in [0.2, 0.25) is 5.91 Å². The first-order valence-electron chi connectivity index (χ1n) is 10.9. The van der Waals surface area contributed by atoms with Gasteiger partial charge in [-0.3, -0.25) is 9.69 Å². The number of rotatable bonds is 6. The van der Waals surface area contributed by atoms with Crippen LogP contribution in [0.4, 0.5) is 0 Å². The summed E-state index contributed by atoms with van der Waals surface area (Å²) in [6.45, 7) is 5.59. The van der Waals surface area contributed by atoms with Crippen molar-refractivity contribution in [2.45, 2.75) is 89.0 Å². The highest BCUT2D eigenvalue weighted by Crippen LogP contribution is 2.25. The lowest BCUT2D eigenvalue weighted by Gasteiger charge is -2.42. The number of aliphatic hydroxyl groups is 2. The highest BCUT2D eigenvalue weighted by atomic mass is 16.3. The first-order valence-corrected chi connectivity index (χ1v) is 10.9. The predicted molar refractivity (Wildman–Crippen MR) is 109 cm³/mol. The van der Waals surface area contributed by atoms with Crippen LogP contribution in [0, 0.1) is 0 Å². The Morgan fingerprint density at radius 3 is 2.78 bits per heavy atom. The minimum Gasteiger partial charge on any atom is -0.390 e. The summed E-state index contributed by atoms with van der Waals surface area (Å²) >= 11 is 0. The molecule has 27 heavy (non-hydrogen) atoms. The number of aliphatic hydroxyl groups excluding tert-OH is 2. The average molecular weight is 382 g/mol. The lowest BCUT2D eigenvalue weighted by Crippen LogP contribution is -2.54. The van der Waals surface area contributed by atoms with Gasteiger partial charge < -0.3 is 20.8 Å². The van der Waals surface area contributed by atoms with Crippen molar-refractivity contribution in [3.63, 3.8) is 0 Å². The SMILES string of the molecule is CCCCC[C@H](O)[C@H](O)[C@H]1C=CC[C@@H]2CC(=O)NCCCCNCCCN21. The summed E-state index contributed by atoms with van der Waals surface area (Å²) < 4.78 is 0. The third-order valence-corrected chi connectivity index (χ3v) is 5.73. The third-order valence-electron chi connectivity index (χ3n) is 5.73. The zero-order valence-electron chi connectivity index (χ0n) is 16.9. The maximum absolute atomic E-state index is 12.3. The van der Waals surface area contributed by atoms with Gasteiger partial charge in [0.1, 0.15) is 0 Å². The van der Waals surface area contributed by atoms with E-state index in [1.807, 2.05) is 6.08 Å². The van der Waals surface area contributed by atoms with Crippen LogP contribution < -0.4 is 10.6 Å². The summed E-state index contributed by atoms with van der Waals surface area (Å²) in [5, 5.41) is 27.8. The van der Waals surface area contributed by atoms with Crippen LogP contribution in [0.1, 0.15) is 64.7 Å². The number of amides is 1. The van der Waals surface area contributed by atoms with Crippen LogP contribution in [-0.2, 0) is 4.79 Å². The van der Waals surface area contributed by atoms with Gasteiger partial charge in [-0.15, -0.1) is 0 Å². The van der Waals surface area contributed by atoms with E-state index in [9.17, 15) is 15.0 Å². The zero-order chi connectivity index (χ0) is 19.5. The molecule has 2 aliphatic rings. The number of nitrogens with one attached hydrogen (secondary N) is 2. The zero-order valence-corrected chi connectivity index (χ0v) is 16.9. The normalized spacial score (nSPS) is 28.2. The van der Waals surface area contributed by atoms with Crippen molar-refractivity contribution in [1.29, 1.82) is 0 Å². The Morgan fingerprint density at radius 2 is 1.96 bits per heavy atom. The fraction of sp³-hybridized carbons (Fsp3) is 0.857. The molecule has 0 aromatic rings. The molecule has 0 spiro atoms. The summed E-state index contributed by atoms with van der Waals surface area (Å²) in [5.41, 5.74) is 0. The highest BCUT2D eigenvalue weighted by molar-refractivity contribution is 5.76. The van der Waals surface area contributed by atoms with Crippen LogP contribution in [0.3, 0.4) is 0 Å². The van der Waals surface area contributed by atoms with E-state index in [0.717, 1.165) is 71.1 Å². The maximum Gasteiger partial charge on any atom is 0.221 e. The van der Waals surface area contributed by atoms with E-state index in [0.29, 0.717) is 12.8 Å². The van der Waals surface area contributed by atoms with Crippen molar-refractivity contribution in [3.8, 4) is 0 Å². The third kappa shape index (κ3) is 7.53. The number of hydrogen-bond donors (Lipinski definition) is 4. The van der Waals surface area contributed by atoms with Crippen LogP contribution in [0.25, 0.3) is 0 Å². The van der Waals surface area contributed by atoms with E-state index >= 15 is 0 Å². The molecule has 1 saturated heterocycles. The molecule has 1 fully saturated rings. The number of carbonyl (C=O) groups is 1. The second-order valence-corrected chi connectivity index (χ2v) is 7.96. The van der Waals surface area contributed by atoms with Crippen LogP contribution >= 0.6 is 0 Å². The van der Waals surface area contributed by atoms with E-state index in [1.165, 1.54) is 0 Å². The Hall–Kier alpha value is -0.950. The molecule has 0 aliphatic carbocycles. The lowest BCUT2D eigenvalue weighted by atomic mass is 9.92. The molecule has 1 amide bonds. The van der Waals surface area contributed by atoms with Gasteiger partial charge in [0, 0.05) is 25.6 Å². The Kier molecular flexibility index (Phi) is 10.3. The summed E-state index contributed by atoms with van der Waals surface area (Å²) in [7, 11) is 0. The van der Waals surface area contributed by atoms with E-state index in [-0.39, 0.29) is 18.0 Å². The monoisotopic (exact) mass is 381 g/mol. The van der Waals surface area contributed by atoms with Crippen LogP contribution in [0.15, 0.2) is 12.2 Å². The minimum atomic E-state index is -0.812. The van der Waals surface area contributed by atoms with Gasteiger partial charge in [-0.05, 0) is 45.2 Å². The second-order valence-electron chi connectivity index (χ2n) is 7.96. The quantitative estimate of drug-likeness (QED) is 0.415. The van der Waals surface area contributed by atoms with Crippen molar-refractivity contribution < 1.29 is 15.0 Å². The second kappa shape index (κ2) is 12.5. The van der Waals surface area contributed by atoms with Gasteiger partial charge in [0.05, 0.1) is 18.2 Å². The van der Waals surface area contributed by atoms with Gasteiger partial charge in [-0.1, -0.05) is 38.3 Å². The van der Waals surface area contributed by atoms with Crippen LogP contribution in [0.2, 0.25) is 0 Å². The van der Waals surface area contributed by atoms with E-state index < -0.39 is 12.2 Å². The molecule has 0 saturated carbocycles. The molecule has 2 heterocycles. The van der Waals surface area contributed by atoms with E-state index in [1.54, 1.807) is 0 Å². The van der Waals surface area contributed by atoms with Gasteiger partial charge in [0.15, 0.2) is 0 Å². The molecule has 4 atom stereocenters. The van der Waals surface area contributed by atoms with Gasteiger partial charge >= 0.3 is 0 Å². The van der Waals surface area contributed by atoms with Crippen molar-refractivity contribution in [2.24, 2.45) is 0 Å². The molecule has 6 heteroatoms. The van der Waals surface area contributed by atoms with Crippen LogP contribution in [0.5, 0.6) is 0 Å². The highest BCUT2D eigenvalue weighted by Gasteiger charge is 2.35. The van der Waals surface area contributed by atoms with Crippen LogP contribution in [-0.4, -0.2) is 71.5 Å². The van der Waals surface area contributed by atoms with Crippen molar-refractivity contribution >= 4 is 5.91 Å². The van der Waals surface area contributed by atoms with E-state index in [4.69, 9.17) is 0 Å². The number of carbonyl (C=O) groups excluding carboxylic acids is 1. The first kappa shape index (κ1) is 22.3. The summed E-state index contributed by atoms with van der Waals surface area (Å²) in [6.07, 6.45) is 10.6. The van der Waals surface area contributed by atoms with Crippen molar-refractivity contribution in [1.82, 2.24) is 15.5 Å². The molecule has 0 aromatic heterocycles. The molecule has 4 N–H and O–H groups in total. The maximum atomic E-state index is 12.3. The van der Waals surface area contributed by atoms with Crippen molar-refractivity contribution in [3.05, 3.63) is 12.2 Å². The first-order chi connectivity index (χ1) is 13.1. The summed E-state index contributed by atoms with van der Waals surface area (Å²) in [4.78, 5) is 14.6. The van der Waals surface area contributed by atoms with Gasteiger partial charge in [-0.25, -0.2) is 0 Å². The number of unbranched alkanes of at least 4 members (excludes halogenated alkanes) is 2. The molecular formula is C21H39N3O3. The summed E-state index contributed by atoms with van der Waals surface area (Å²) in [5.74, 6) is 0.0873. The molecule has 2 aliphatic heterocycles. The van der Waals surface area contributed by atoms with Gasteiger partial charge in [-0.2, -0.15) is 0 Å². The largest absolute Gasteiger partial charge is 0.390 e. The molecule has 2 rings (SSSR count). The number of nitrogens with zero attached hydrogens (tertiary/aromatic N) is 1. The molecule has 0 bridgehead atoms. The fourth-order valence-corrected chi connectivity index (χ4v) is 4.11. The Bertz CT molecular complexity index is 458.